The van der Waals surface area contributed by atoms with Crippen LogP contribution in [0.15, 0.2) is 30.3 Å². The molecule has 3 rings (SSSR count). The van der Waals surface area contributed by atoms with Gasteiger partial charge in [-0.15, -0.1) is 0 Å². The van der Waals surface area contributed by atoms with E-state index in [-0.39, 0.29) is 6.42 Å². The minimum absolute atomic E-state index is 0.106. The summed E-state index contributed by atoms with van der Waals surface area (Å²) < 4.78 is 0. The van der Waals surface area contributed by atoms with Crippen molar-refractivity contribution in [2.45, 2.75) is 26.7 Å². The molecule has 19 heavy (non-hydrogen) atoms. The lowest BCUT2D eigenvalue weighted by Gasteiger charge is -2.08. The van der Waals surface area contributed by atoms with Crippen molar-refractivity contribution in [3.05, 3.63) is 58.1 Å². The lowest BCUT2D eigenvalue weighted by molar-refractivity contribution is -0.136. The number of hydrogen-bond acceptors (Lipinski definition) is 1. The van der Waals surface area contributed by atoms with Gasteiger partial charge in [0.2, 0.25) is 0 Å². The Bertz CT molecular complexity index is 684. The van der Waals surface area contributed by atoms with E-state index in [1.54, 1.807) is 0 Å². The molecule has 1 aliphatic carbocycles. The summed E-state index contributed by atoms with van der Waals surface area (Å²) in [5.74, 6) is -0.766. The summed E-state index contributed by atoms with van der Waals surface area (Å²) in [4.78, 5) is 11.0. The van der Waals surface area contributed by atoms with Crippen LogP contribution in [0.5, 0.6) is 0 Å². The van der Waals surface area contributed by atoms with Crippen molar-refractivity contribution >= 4 is 5.97 Å². The Hall–Kier alpha value is -2.09. The summed E-state index contributed by atoms with van der Waals surface area (Å²) in [6, 6.07) is 10.3. The van der Waals surface area contributed by atoms with Crippen LogP contribution >= 0.6 is 0 Å². The Morgan fingerprint density at radius 3 is 2.58 bits per heavy atom. The number of carboxylic acid groups (broad SMARTS) is 1. The molecule has 0 atom stereocenters. The summed E-state index contributed by atoms with van der Waals surface area (Å²) in [7, 11) is 0. The topological polar surface area (TPSA) is 37.3 Å². The fourth-order valence-corrected chi connectivity index (χ4v) is 3.05. The van der Waals surface area contributed by atoms with Crippen molar-refractivity contribution in [2.24, 2.45) is 0 Å². The minimum atomic E-state index is -0.766. The van der Waals surface area contributed by atoms with E-state index in [4.69, 9.17) is 5.11 Å². The zero-order valence-electron chi connectivity index (χ0n) is 11.2. The summed E-state index contributed by atoms with van der Waals surface area (Å²) >= 11 is 0. The zero-order chi connectivity index (χ0) is 13.6. The molecule has 1 N–H and O–H groups in total. The fourth-order valence-electron chi connectivity index (χ4n) is 3.05. The van der Waals surface area contributed by atoms with E-state index in [9.17, 15) is 4.79 Å². The maximum atomic E-state index is 11.0. The van der Waals surface area contributed by atoms with E-state index in [1.807, 2.05) is 12.1 Å². The van der Waals surface area contributed by atoms with Gasteiger partial charge in [-0.2, -0.15) is 0 Å². The molecule has 0 fully saturated rings. The SMILES string of the molecule is Cc1ccc(C)c2c1Cc1c(CC(=O)O)cccc1-2. The lowest BCUT2D eigenvalue weighted by atomic mass is 9.96. The van der Waals surface area contributed by atoms with Gasteiger partial charge in [0.25, 0.3) is 0 Å². The van der Waals surface area contributed by atoms with E-state index in [0.29, 0.717) is 0 Å². The first-order valence-corrected chi connectivity index (χ1v) is 6.50. The van der Waals surface area contributed by atoms with Gasteiger partial charge in [-0.3, -0.25) is 4.79 Å². The normalized spacial score (nSPS) is 12.1. The van der Waals surface area contributed by atoms with E-state index >= 15 is 0 Å². The van der Waals surface area contributed by atoms with Gasteiger partial charge in [0.15, 0.2) is 0 Å². The third kappa shape index (κ3) is 1.84. The largest absolute Gasteiger partial charge is 0.481 e. The zero-order valence-corrected chi connectivity index (χ0v) is 11.2. The maximum absolute atomic E-state index is 11.0. The van der Waals surface area contributed by atoms with Gasteiger partial charge in [0, 0.05) is 0 Å². The predicted octanol–water partition coefficient (Wildman–Crippen LogP) is 3.50. The van der Waals surface area contributed by atoms with E-state index in [0.717, 1.165) is 12.0 Å². The second-order valence-electron chi connectivity index (χ2n) is 5.24. The Morgan fingerprint density at radius 1 is 1.11 bits per heavy atom. The summed E-state index contributed by atoms with van der Waals surface area (Å²) in [5, 5.41) is 9.02. The second-order valence-corrected chi connectivity index (χ2v) is 5.24. The molecule has 96 valence electrons. The maximum Gasteiger partial charge on any atom is 0.307 e. The van der Waals surface area contributed by atoms with Crippen LogP contribution in [0.2, 0.25) is 0 Å². The number of fused-ring (bicyclic) bond motifs is 3. The fraction of sp³-hybridized carbons (Fsp3) is 0.235. The molecule has 0 saturated heterocycles. The van der Waals surface area contributed by atoms with Crippen LogP contribution in [0.25, 0.3) is 11.1 Å². The highest BCUT2D eigenvalue weighted by Crippen LogP contribution is 2.41. The predicted molar refractivity (Wildman–Crippen MR) is 75.5 cm³/mol. The monoisotopic (exact) mass is 252 g/mol. The number of hydrogen-bond donors (Lipinski definition) is 1. The van der Waals surface area contributed by atoms with E-state index in [2.05, 4.69) is 32.0 Å². The van der Waals surface area contributed by atoms with Crippen molar-refractivity contribution in [1.82, 2.24) is 0 Å². The van der Waals surface area contributed by atoms with Crippen LogP contribution in [0, 0.1) is 13.8 Å². The number of aliphatic carboxylic acids is 1. The number of aryl methyl sites for hydroxylation is 2. The number of carboxylic acids is 1. The lowest BCUT2D eigenvalue weighted by Crippen LogP contribution is -2.03. The average Bonchev–Trinajstić information content (AvgIpc) is 2.75. The molecular weight excluding hydrogens is 236 g/mol. The summed E-state index contributed by atoms with van der Waals surface area (Å²) in [6.07, 6.45) is 0.969. The van der Waals surface area contributed by atoms with Crippen LogP contribution in [-0.2, 0) is 17.6 Å². The van der Waals surface area contributed by atoms with Gasteiger partial charge in [-0.1, -0.05) is 30.3 Å². The number of rotatable bonds is 2. The Labute approximate surface area is 112 Å². The summed E-state index contributed by atoms with van der Waals surface area (Å²) in [5.41, 5.74) is 8.58. The molecule has 0 radical (unpaired) electrons. The molecule has 0 amide bonds. The molecule has 1 aliphatic rings. The Balaban J connectivity index is 2.21. The molecule has 0 saturated carbocycles. The van der Waals surface area contributed by atoms with Gasteiger partial charge < -0.3 is 5.11 Å². The highest BCUT2D eigenvalue weighted by atomic mass is 16.4. The van der Waals surface area contributed by atoms with Gasteiger partial charge >= 0.3 is 5.97 Å². The van der Waals surface area contributed by atoms with Gasteiger partial charge in [-0.05, 0) is 59.2 Å². The average molecular weight is 252 g/mol. The first kappa shape index (κ1) is 12.0. The van der Waals surface area contributed by atoms with Crippen molar-refractivity contribution in [3.8, 4) is 11.1 Å². The minimum Gasteiger partial charge on any atom is -0.481 e. The van der Waals surface area contributed by atoms with Crippen molar-refractivity contribution in [2.75, 3.05) is 0 Å². The highest BCUT2D eigenvalue weighted by molar-refractivity contribution is 5.83. The van der Waals surface area contributed by atoms with Gasteiger partial charge in [0.1, 0.15) is 0 Å². The molecular formula is C17H16O2. The van der Waals surface area contributed by atoms with Crippen LogP contribution in [0.1, 0.15) is 27.8 Å². The molecule has 0 aromatic heterocycles. The van der Waals surface area contributed by atoms with Crippen molar-refractivity contribution in [1.29, 1.82) is 0 Å². The molecule has 2 aromatic carbocycles. The van der Waals surface area contributed by atoms with Crippen LogP contribution in [-0.4, -0.2) is 11.1 Å². The molecule has 0 aliphatic heterocycles. The smallest absolute Gasteiger partial charge is 0.307 e. The Morgan fingerprint density at radius 2 is 1.84 bits per heavy atom. The Kier molecular flexibility index (Phi) is 2.67. The van der Waals surface area contributed by atoms with Crippen LogP contribution < -0.4 is 0 Å². The van der Waals surface area contributed by atoms with E-state index < -0.39 is 5.97 Å². The highest BCUT2D eigenvalue weighted by Gasteiger charge is 2.24. The first-order valence-electron chi connectivity index (χ1n) is 6.50. The van der Waals surface area contributed by atoms with Crippen LogP contribution in [0.3, 0.4) is 0 Å². The quantitative estimate of drug-likeness (QED) is 0.758. The van der Waals surface area contributed by atoms with Crippen molar-refractivity contribution < 1.29 is 9.90 Å². The molecule has 2 heteroatoms. The van der Waals surface area contributed by atoms with Crippen LogP contribution in [0.4, 0.5) is 0 Å². The number of benzene rings is 2. The summed E-state index contributed by atoms with van der Waals surface area (Å²) in [6.45, 7) is 4.25. The van der Waals surface area contributed by atoms with Gasteiger partial charge in [0.05, 0.1) is 6.42 Å². The molecule has 2 nitrogen and oxygen atoms in total. The molecule has 2 aromatic rings. The standard InChI is InChI=1S/C17H16O2/c1-10-6-7-11(2)17-13-5-3-4-12(8-16(18)19)15(13)9-14(10)17/h3-7H,8-9H2,1-2H3,(H,18,19). The first-order chi connectivity index (χ1) is 9.08. The third-order valence-corrected chi connectivity index (χ3v) is 3.99. The van der Waals surface area contributed by atoms with E-state index in [1.165, 1.54) is 33.4 Å². The van der Waals surface area contributed by atoms with Crippen molar-refractivity contribution in [3.63, 3.8) is 0 Å². The molecule has 0 bridgehead atoms. The molecule has 0 spiro atoms. The van der Waals surface area contributed by atoms with Gasteiger partial charge in [-0.25, -0.2) is 0 Å². The molecule has 0 unspecified atom stereocenters. The molecule has 0 heterocycles. The second kappa shape index (κ2) is 4.23. The number of carbonyl (C=O) groups is 1. The third-order valence-electron chi connectivity index (χ3n) is 3.99.